The van der Waals surface area contributed by atoms with Crippen LogP contribution in [0.4, 0.5) is 0 Å². The Morgan fingerprint density at radius 1 is 1.15 bits per heavy atom. The maximum atomic E-state index is 12.2. The fourth-order valence-electron chi connectivity index (χ4n) is 2.87. The number of nitrogens with zero attached hydrogens (tertiary/aromatic N) is 2. The highest BCUT2D eigenvalue weighted by atomic mass is 16.2. The van der Waals surface area contributed by atoms with E-state index < -0.39 is 0 Å². The van der Waals surface area contributed by atoms with Gasteiger partial charge in [0, 0.05) is 49.5 Å². The van der Waals surface area contributed by atoms with E-state index in [-0.39, 0.29) is 18.4 Å². The normalized spacial score (nSPS) is 10.7. The first-order valence-electron chi connectivity index (χ1n) is 8.59. The molecule has 0 unspecified atom stereocenters. The van der Waals surface area contributed by atoms with E-state index in [9.17, 15) is 9.59 Å². The molecule has 0 fully saturated rings. The third kappa shape index (κ3) is 4.47. The van der Waals surface area contributed by atoms with Crippen LogP contribution in [0.1, 0.15) is 18.1 Å². The zero-order valence-electron chi connectivity index (χ0n) is 14.7. The lowest BCUT2D eigenvalue weighted by molar-refractivity contribution is -0.134. The van der Waals surface area contributed by atoms with Crippen LogP contribution in [0.15, 0.2) is 55.0 Å². The lowest BCUT2D eigenvalue weighted by Gasteiger charge is -2.20. The van der Waals surface area contributed by atoms with Crippen molar-refractivity contribution in [2.75, 3.05) is 13.1 Å². The number of amides is 2. The first-order chi connectivity index (χ1) is 12.6. The van der Waals surface area contributed by atoms with Crippen LogP contribution in [-0.2, 0) is 22.6 Å². The second-order valence-electron chi connectivity index (χ2n) is 6.18. The van der Waals surface area contributed by atoms with Crippen molar-refractivity contribution in [1.82, 2.24) is 20.2 Å². The minimum absolute atomic E-state index is 0.0583. The Bertz CT molecular complexity index is 889. The molecule has 0 saturated heterocycles. The summed E-state index contributed by atoms with van der Waals surface area (Å²) in [6.45, 7) is 2.48. The second kappa shape index (κ2) is 8.29. The highest BCUT2D eigenvalue weighted by Gasteiger charge is 2.14. The summed E-state index contributed by atoms with van der Waals surface area (Å²) in [5, 5.41) is 3.99. The summed E-state index contributed by atoms with van der Waals surface area (Å²) < 4.78 is 0. The van der Waals surface area contributed by atoms with Crippen LogP contribution >= 0.6 is 0 Å². The molecule has 0 aliphatic carbocycles. The number of H-pyrrole nitrogens is 1. The lowest BCUT2D eigenvalue weighted by atomic mass is 10.1. The van der Waals surface area contributed by atoms with Gasteiger partial charge in [0.1, 0.15) is 0 Å². The van der Waals surface area contributed by atoms with E-state index in [0.29, 0.717) is 19.5 Å². The van der Waals surface area contributed by atoms with E-state index in [0.717, 1.165) is 22.0 Å². The molecule has 0 atom stereocenters. The number of nitrogens with one attached hydrogen (secondary N) is 2. The van der Waals surface area contributed by atoms with Gasteiger partial charge in [0.05, 0.1) is 6.54 Å². The summed E-state index contributed by atoms with van der Waals surface area (Å²) in [7, 11) is 0. The standard InChI is InChI=1S/C20H22N4O2/c1-15(25)24(14-20(26)23-12-16-6-9-21-10-7-16)11-8-17-13-22-19-5-3-2-4-18(17)19/h2-7,9-10,13,22H,8,11-12,14H2,1H3,(H,23,26). The van der Waals surface area contributed by atoms with Crippen molar-refractivity contribution in [3.05, 3.63) is 66.1 Å². The van der Waals surface area contributed by atoms with Gasteiger partial charge in [-0.25, -0.2) is 0 Å². The van der Waals surface area contributed by atoms with Crippen LogP contribution in [0.25, 0.3) is 10.9 Å². The first kappa shape index (κ1) is 17.7. The number of para-hydroxylation sites is 1. The van der Waals surface area contributed by atoms with Gasteiger partial charge in [-0.05, 0) is 35.7 Å². The van der Waals surface area contributed by atoms with Crippen LogP contribution in [0.2, 0.25) is 0 Å². The fraction of sp³-hybridized carbons (Fsp3) is 0.250. The second-order valence-corrected chi connectivity index (χ2v) is 6.18. The van der Waals surface area contributed by atoms with Gasteiger partial charge in [-0.1, -0.05) is 18.2 Å². The number of rotatable bonds is 7. The van der Waals surface area contributed by atoms with Crippen molar-refractivity contribution in [2.45, 2.75) is 19.9 Å². The van der Waals surface area contributed by atoms with E-state index in [4.69, 9.17) is 0 Å². The maximum Gasteiger partial charge on any atom is 0.239 e. The number of fused-ring (bicyclic) bond motifs is 1. The van der Waals surface area contributed by atoms with Gasteiger partial charge >= 0.3 is 0 Å². The summed E-state index contributed by atoms with van der Waals surface area (Å²) >= 11 is 0. The number of carbonyl (C=O) groups excluding carboxylic acids is 2. The molecule has 0 bridgehead atoms. The molecule has 2 amide bonds. The van der Waals surface area contributed by atoms with Crippen LogP contribution in [0.5, 0.6) is 0 Å². The van der Waals surface area contributed by atoms with Crippen molar-refractivity contribution in [3.8, 4) is 0 Å². The van der Waals surface area contributed by atoms with Gasteiger partial charge in [-0.3, -0.25) is 14.6 Å². The van der Waals surface area contributed by atoms with E-state index in [1.165, 1.54) is 6.92 Å². The maximum absolute atomic E-state index is 12.2. The van der Waals surface area contributed by atoms with Crippen molar-refractivity contribution in [1.29, 1.82) is 0 Å². The van der Waals surface area contributed by atoms with Gasteiger partial charge in [0.2, 0.25) is 11.8 Å². The zero-order valence-corrected chi connectivity index (χ0v) is 14.7. The van der Waals surface area contributed by atoms with Gasteiger partial charge in [0.15, 0.2) is 0 Å². The monoisotopic (exact) mass is 350 g/mol. The predicted molar refractivity (Wildman–Crippen MR) is 100 cm³/mol. The molecule has 0 spiro atoms. The summed E-state index contributed by atoms with van der Waals surface area (Å²) in [5.41, 5.74) is 3.19. The number of carbonyl (C=O) groups is 2. The molecule has 0 aliphatic rings. The number of benzene rings is 1. The average Bonchev–Trinajstić information content (AvgIpc) is 3.07. The Morgan fingerprint density at radius 3 is 2.69 bits per heavy atom. The van der Waals surface area contributed by atoms with Crippen LogP contribution in [0.3, 0.4) is 0 Å². The van der Waals surface area contributed by atoms with E-state index in [1.54, 1.807) is 17.3 Å². The lowest BCUT2D eigenvalue weighted by Crippen LogP contribution is -2.40. The van der Waals surface area contributed by atoms with Crippen molar-refractivity contribution in [3.63, 3.8) is 0 Å². The molecule has 3 rings (SSSR count). The quantitative estimate of drug-likeness (QED) is 0.686. The number of aromatic nitrogens is 2. The van der Waals surface area contributed by atoms with Crippen molar-refractivity contribution < 1.29 is 9.59 Å². The van der Waals surface area contributed by atoms with Crippen molar-refractivity contribution in [2.24, 2.45) is 0 Å². The van der Waals surface area contributed by atoms with Crippen LogP contribution in [-0.4, -0.2) is 39.8 Å². The molecule has 0 radical (unpaired) electrons. The molecule has 0 saturated carbocycles. The highest BCUT2D eigenvalue weighted by molar-refractivity contribution is 5.84. The minimum atomic E-state index is -0.170. The molecule has 2 N–H and O–H groups in total. The number of hydrogen-bond acceptors (Lipinski definition) is 3. The van der Waals surface area contributed by atoms with Crippen molar-refractivity contribution >= 4 is 22.7 Å². The molecule has 134 valence electrons. The molecular formula is C20H22N4O2. The molecule has 26 heavy (non-hydrogen) atoms. The molecule has 6 heteroatoms. The Kier molecular flexibility index (Phi) is 5.63. The molecular weight excluding hydrogens is 328 g/mol. The smallest absolute Gasteiger partial charge is 0.239 e. The average molecular weight is 350 g/mol. The number of hydrogen-bond donors (Lipinski definition) is 2. The van der Waals surface area contributed by atoms with Gasteiger partial charge < -0.3 is 15.2 Å². The van der Waals surface area contributed by atoms with Gasteiger partial charge in [-0.15, -0.1) is 0 Å². The topological polar surface area (TPSA) is 78.1 Å². The number of pyridine rings is 1. The molecule has 6 nitrogen and oxygen atoms in total. The number of aromatic amines is 1. The summed E-state index contributed by atoms with van der Waals surface area (Å²) in [6.07, 6.45) is 6.03. The first-order valence-corrected chi connectivity index (χ1v) is 8.59. The Morgan fingerprint density at radius 2 is 1.92 bits per heavy atom. The molecule has 2 aromatic heterocycles. The van der Waals surface area contributed by atoms with Gasteiger partial charge in [-0.2, -0.15) is 0 Å². The summed E-state index contributed by atoms with van der Waals surface area (Å²) in [5.74, 6) is -0.278. The predicted octanol–water partition coefficient (Wildman–Crippen LogP) is 2.27. The fourth-order valence-corrected chi connectivity index (χ4v) is 2.87. The van der Waals surface area contributed by atoms with Gasteiger partial charge in [0.25, 0.3) is 0 Å². The third-order valence-corrected chi connectivity index (χ3v) is 4.34. The highest BCUT2D eigenvalue weighted by Crippen LogP contribution is 2.18. The molecule has 0 aliphatic heterocycles. The summed E-state index contributed by atoms with van der Waals surface area (Å²) in [4.78, 5) is 32.8. The van der Waals surface area contributed by atoms with E-state index in [2.05, 4.69) is 21.4 Å². The Labute approximate surface area is 152 Å². The summed E-state index contributed by atoms with van der Waals surface area (Å²) in [6, 6.07) is 11.8. The van der Waals surface area contributed by atoms with E-state index >= 15 is 0 Å². The molecule has 3 aromatic rings. The zero-order chi connectivity index (χ0) is 18.4. The van der Waals surface area contributed by atoms with Crippen LogP contribution < -0.4 is 5.32 Å². The van der Waals surface area contributed by atoms with E-state index in [1.807, 2.05) is 36.5 Å². The molecule has 1 aromatic carbocycles. The Balaban J connectivity index is 1.55. The largest absolute Gasteiger partial charge is 0.361 e. The minimum Gasteiger partial charge on any atom is -0.361 e. The SMILES string of the molecule is CC(=O)N(CCc1c[nH]c2ccccc12)CC(=O)NCc1ccncc1. The third-order valence-electron chi connectivity index (χ3n) is 4.34. The Hall–Kier alpha value is -3.15. The molecule has 2 heterocycles. The van der Waals surface area contributed by atoms with Crippen LogP contribution in [0, 0.1) is 0 Å².